The zero-order chi connectivity index (χ0) is 27.8. The zero-order valence-electron chi connectivity index (χ0n) is 22.5. The van der Waals surface area contributed by atoms with E-state index in [1.165, 1.54) is 19.3 Å². The van der Waals surface area contributed by atoms with Crippen molar-refractivity contribution in [3.63, 3.8) is 0 Å². The number of nitrogens with zero attached hydrogens (tertiary/aromatic N) is 1. The summed E-state index contributed by atoms with van der Waals surface area (Å²) in [7, 11) is 0. The van der Waals surface area contributed by atoms with Crippen molar-refractivity contribution in [3.8, 4) is 5.75 Å². The normalized spacial score (nSPS) is 21.4. The maximum Gasteiger partial charge on any atom is 0.311 e. The highest BCUT2D eigenvalue weighted by Crippen LogP contribution is 2.38. The zero-order valence-corrected chi connectivity index (χ0v) is 22.5. The molecule has 1 fully saturated rings. The van der Waals surface area contributed by atoms with Gasteiger partial charge in [0.1, 0.15) is 11.5 Å². The molecule has 214 valence electrons. The Labute approximate surface area is 225 Å². The van der Waals surface area contributed by atoms with Crippen molar-refractivity contribution in [1.29, 1.82) is 0 Å². The largest absolute Gasteiger partial charge is 0.427 e. The van der Waals surface area contributed by atoms with E-state index in [0.29, 0.717) is 56.3 Å². The molecule has 2 rings (SSSR count). The highest BCUT2D eigenvalue weighted by molar-refractivity contribution is 5.78. The van der Waals surface area contributed by atoms with Crippen LogP contribution < -0.4 is 4.74 Å². The van der Waals surface area contributed by atoms with E-state index >= 15 is 0 Å². The van der Waals surface area contributed by atoms with Crippen molar-refractivity contribution in [2.75, 3.05) is 0 Å². The van der Waals surface area contributed by atoms with Crippen molar-refractivity contribution in [1.82, 2.24) is 5.39 Å². The van der Waals surface area contributed by atoms with Crippen molar-refractivity contribution in [2.45, 2.75) is 109 Å². The van der Waals surface area contributed by atoms with E-state index in [2.05, 4.69) is 11.8 Å². The van der Waals surface area contributed by atoms with Crippen LogP contribution in [0, 0.1) is 11.8 Å². The van der Waals surface area contributed by atoms with Crippen LogP contribution in [-0.2, 0) is 21.0 Å². The second-order valence-corrected chi connectivity index (χ2v) is 10.2. The van der Waals surface area contributed by atoms with Gasteiger partial charge in [-0.1, -0.05) is 56.9 Å². The number of carbonyl (C=O) groups excluding carboxylic acids is 2. The Morgan fingerprint density at radius 2 is 1.74 bits per heavy atom. The lowest BCUT2D eigenvalue weighted by Gasteiger charge is -2.22. The van der Waals surface area contributed by atoms with E-state index in [-0.39, 0.29) is 42.0 Å². The van der Waals surface area contributed by atoms with E-state index < -0.39 is 12.2 Å². The Morgan fingerprint density at radius 3 is 2.50 bits per heavy atom. The van der Waals surface area contributed by atoms with Crippen LogP contribution in [0.1, 0.15) is 96.0 Å². The third kappa shape index (κ3) is 12.6. The first-order chi connectivity index (χ1) is 18.3. The summed E-state index contributed by atoms with van der Waals surface area (Å²) < 4.78 is 5.33. The minimum absolute atomic E-state index is 0.0661. The molecule has 9 nitrogen and oxygen atoms in total. The average Bonchev–Trinajstić information content (AvgIpc) is 3.15. The van der Waals surface area contributed by atoms with Crippen LogP contribution in [0.2, 0.25) is 0 Å². The third-order valence-corrected chi connectivity index (χ3v) is 7.14. The average molecular weight is 536 g/mol. The van der Waals surface area contributed by atoms with Gasteiger partial charge in [0.25, 0.3) is 0 Å². The van der Waals surface area contributed by atoms with Gasteiger partial charge in [-0.2, -0.15) is 0 Å². The number of Topliss-reactive ketones (excluding diaryl/α,β-unsaturated/α-hetero) is 1. The lowest BCUT2D eigenvalue weighted by molar-refractivity contribution is -0.497. The van der Waals surface area contributed by atoms with Crippen molar-refractivity contribution in [2.24, 2.45) is 11.8 Å². The number of aliphatic hydroxyl groups is 2. The molecular weight excluding hydrogens is 490 g/mol. The number of esters is 1. The van der Waals surface area contributed by atoms with Crippen molar-refractivity contribution in [3.05, 3.63) is 42.0 Å². The molecule has 38 heavy (non-hydrogen) atoms. The molecule has 0 spiro atoms. The number of ether oxygens (including phenoxy) is 1. The van der Waals surface area contributed by atoms with Crippen LogP contribution in [0.5, 0.6) is 5.75 Å². The van der Waals surface area contributed by atoms with Gasteiger partial charge < -0.3 is 14.9 Å². The molecule has 0 unspecified atom stereocenters. The van der Waals surface area contributed by atoms with E-state index in [1.807, 2.05) is 12.2 Å². The quantitative estimate of drug-likeness (QED) is 0.0612. The summed E-state index contributed by atoms with van der Waals surface area (Å²) in [5, 5.41) is 37.7. The van der Waals surface area contributed by atoms with Crippen LogP contribution in [0.25, 0.3) is 0 Å². The van der Waals surface area contributed by atoms with Gasteiger partial charge in [0.15, 0.2) is 0 Å². The molecule has 4 atom stereocenters. The molecule has 0 aliphatic heterocycles. The first-order valence-electron chi connectivity index (χ1n) is 13.9. The topological polar surface area (TPSA) is 137 Å². The number of allylic oxidation sites excluding steroid dienone is 2. The standard InChI is InChI=1S/C29H45NO8/c1-2-3-4-5-8-13-23(31)17-18-26-25(27(32)20-28(26)33)15-9-6-7-10-16-29(34)38-24-14-11-12-22(19-24)21-37-30(35)36/h6,9,11-12,14,19,25-28,32-33,35-36H,2-5,7-8,10,13,15-18,20-21H2,1H3/b9-6-/t25-,26-,27+,28-/m1/s1. The molecule has 0 heterocycles. The lowest BCUT2D eigenvalue weighted by Crippen LogP contribution is -2.22. The molecule has 0 saturated heterocycles. The number of hydrogen-bond donors (Lipinski definition) is 4. The molecular formula is C29H45NO8. The number of ketones is 1. The molecule has 0 bridgehead atoms. The Hall–Kier alpha value is -2.14. The molecule has 0 radical (unpaired) electrons. The highest BCUT2D eigenvalue weighted by atomic mass is 17.1. The summed E-state index contributed by atoms with van der Waals surface area (Å²) in [5.41, 5.74) is 0.607. The molecule has 4 N–H and O–H groups in total. The summed E-state index contributed by atoms with van der Waals surface area (Å²) >= 11 is 0. The molecule has 0 amide bonds. The maximum absolute atomic E-state index is 12.3. The second kappa shape index (κ2) is 18.2. The van der Waals surface area contributed by atoms with Crippen LogP contribution in [-0.4, -0.2) is 50.0 Å². The van der Waals surface area contributed by atoms with Gasteiger partial charge in [-0.3, -0.25) is 20.0 Å². The monoisotopic (exact) mass is 535 g/mol. The fraction of sp³-hybridized carbons (Fsp3) is 0.655. The predicted molar refractivity (Wildman–Crippen MR) is 141 cm³/mol. The first kappa shape index (κ1) is 32.1. The van der Waals surface area contributed by atoms with Gasteiger partial charge in [0.2, 0.25) is 0 Å². The molecule has 1 aromatic carbocycles. The van der Waals surface area contributed by atoms with E-state index in [0.717, 1.165) is 12.8 Å². The summed E-state index contributed by atoms with van der Waals surface area (Å²) in [6, 6.07) is 6.59. The number of benzene rings is 1. The Kier molecular flexibility index (Phi) is 15.4. The van der Waals surface area contributed by atoms with Crippen LogP contribution in [0.4, 0.5) is 0 Å². The lowest BCUT2D eigenvalue weighted by atomic mass is 9.86. The molecule has 1 saturated carbocycles. The van der Waals surface area contributed by atoms with Gasteiger partial charge in [-0.05, 0) is 68.1 Å². The molecule has 1 aliphatic rings. The summed E-state index contributed by atoms with van der Waals surface area (Å²) in [5.74, 6) is 0.0882. The minimum Gasteiger partial charge on any atom is -0.427 e. The molecule has 0 aromatic heterocycles. The summed E-state index contributed by atoms with van der Waals surface area (Å²) in [6.45, 7) is 2.08. The second-order valence-electron chi connectivity index (χ2n) is 10.2. The van der Waals surface area contributed by atoms with Gasteiger partial charge in [0.05, 0.1) is 24.2 Å². The molecule has 9 heteroatoms. The van der Waals surface area contributed by atoms with Gasteiger partial charge in [0, 0.05) is 19.3 Å². The van der Waals surface area contributed by atoms with Crippen molar-refractivity contribution < 1.29 is 39.8 Å². The first-order valence-corrected chi connectivity index (χ1v) is 13.9. The van der Waals surface area contributed by atoms with E-state index in [1.54, 1.807) is 24.3 Å². The predicted octanol–water partition coefficient (Wildman–Crippen LogP) is 5.29. The van der Waals surface area contributed by atoms with Gasteiger partial charge in [-0.25, -0.2) is 4.84 Å². The number of carbonyl (C=O) groups is 2. The van der Waals surface area contributed by atoms with Crippen molar-refractivity contribution >= 4 is 11.8 Å². The van der Waals surface area contributed by atoms with Crippen LogP contribution in [0.3, 0.4) is 0 Å². The highest BCUT2D eigenvalue weighted by Gasteiger charge is 2.40. The number of unbranched alkanes of at least 4 members (excludes halogenated alkanes) is 5. The Bertz CT molecular complexity index is 859. The summed E-state index contributed by atoms with van der Waals surface area (Å²) in [6.07, 6.45) is 12.6. The summed E-state index contributed by atoms with van der Waals surface area (Å²) in [4.78, 5) is 29.0. The number of hydrogen-bond acceptors (Lipinski definition) is 9. The Morgan fingerprint density at radius 1 is 0.974 bits per heavy atom. The van der Waals surface area contributed by atoms with Crippen LogP contribution in [0.15, 0.2) is 36.4 Å². The van der Waals surface area contributed by atoms with Gasteiger partial charge >= 0.3 is 5.97 Å². The Balaban J connectivity index is 1.67. The minimum atomic E-state index is -0.577. The maximum atomic E-state index is 12.3. The smallest absolute Gasteiger partial charge is 0.311 e. The van der Waals surface area contributed by atoms with Gasteiger partial charge in [-0.15, -0.1) is 0 Å². The van der Waals surface area contributed by atoms with Crippen LogP contribution >= 0.6 is 0 Å². The fourth-order valence-corrected chi connectivity index (χ4v) is 5.03. The molecule has 1 aliphatic carbocycles. The molecule has 1 aromatic rings. The fourth-order valence-electron chi connectivity index (χ4n) is 5.03. The third-order valence-electron chi connectivity index (χ3n) is 7.14. The number of aliphatic hydroxyl groups excluding tert-OH is 2. The number of rotatable bonds is 19. The van der Waals surface area contributed by atoms with E-state index in [4.69, 9.17) is 15.2 Å². The van der Waals surface area contributed by atoms with E-state index in [9.17, 15) is 19.8 Å². The SMILES string of the molecule is CCCCCCCC(=O)CC[C@@H]1[C@@H](C/C=C\CCCC(=O)Oc2cccc(CON(O)O)c2)[C@@H](O)C[C@H]1O.